The van der Waals surface area contributed by atoms with E-state index >= 15 is 0 Å². The van der Waals surface area contributed by atoms with Gasteiger partial charge in [-0.25, -0.2) is 4.98 Å². The number of hydrogen-bond acceptors (Lipinski definition) is 5. The Hall–Kier alpha value is -2.23. The maximum absolute atomic E-state index is 12.1. The molecule has 1 heterocycles. The molecule has 2 aromatic rings. The SMILES string of the molecule is CNC(=O)C(C#N)C(=O)c1csc(-c2ccccc2Cl)n1. The maximum atomic E-state index is 12.1. The van der Waals surface area contributed by atoms with E-state index in [0.717, 1.165) is 0 Å². The third kappa shape index (κ3) is 3.10. The van der Waals surface area contributed by atoms with Gasteiger partial charge in [0.2, 0.25) is 11.7 Å². The lowest BCUT2D eigenvalue weighted by atomic mass is 10.0. The van der Waals surface area contributed by atoms with Crippen molar-refractivity contribution in [3.63, 3.8) is 0 Å². The highest BCUT2D eigenvalue weighted by Gasteiger charge is 2.28. The zero-order chi connectivity index (χ0) is 15.4. The van der Waals surface area contributed by atoms with Crippen LogP contribution in [-0.2, 0) is 4.79 Å². The van der Waals surface area contributed by atoms with Gasteiger partial charge in [0.1, 0.15) is 10.7 Å². The van der Waals surface area contributed by atoms with Crippen LogP contribution in [0.1, 0.15) is 10.5 Å². The molecule has 0 saturated heterocycles. The predicted octanol–water partition coefficient (Wildman–Crippen LogP) is 2.53. The summed E-state index contributed by atoms with van der Waals surface area (Å²) >= 11 is 7.31. The molecule has 2 rings (SSSR count). The summed E-state index contributed by atoms with van der Waals surface area (Å²) in [4.78, 5) is 27.8. The van der Waals surface area contributed by atoms with Crippen LogP contribution < -0.4 is 5.32 Å². The average molecular weight is 320 g/mol. The lowest BCUT2D eigenvalue weighted by Crippen LogP contribution is -2.32. The third-order valence-corrected chi connectivity index (χ3v) is 3.97. The van der Waals surface area contributed by atoms with E-state index in [1.165, 1.54) is 23.8 Å². The molecular formula is C14H10ClN3O2S. The molecule has 1 amide bonds. The molecule has 0 aliphatic heterocycles. The van der Waals surface area contributed by atoms with Crippen molar-refractivity contribution in [1.82, 2.24) is 10.3 Å². The average Bonchev–Trinajstić information content (AvgIpc) is 2.97. The van der Waals surface area contributed by atoms with Crippen LogP contribution in [0.2, 0.25) is 5.02 Å². The molecule has 1 N–H and O–H groups in total. The quantitative estimate of drug-likeness (QED) is 0.693. The normalized spacial score (nSPS) is 11.5. The molecule has 0 radical (unpaired) electrons. The van der Waals surface area contributed by atoms with Crippen molar-refractivity contribution in [3.8, 4) is 16.6 Å². The lowest BCUT2D eigenvalue weighted by molar-refractivity contribution is -0.121. The molecule has 0 spiro atoms. The summed E-state index contributed by atoms with van der Waals surface area (Å²) < 4.78 is 0. The molecule has 0 fully saturated rings. The van der Waals surface area contributed by atoms with Crippen LogP contribution in [0.25, 0.3) is 10.6 Å². The van der Waals surface area contributed by atoms with Gasteiger partial charge >= 0.3 is 0 Å². The van der Waals surface area contributed by atoms with Crippen LogP contribution in [0.5, 0.6) is 0 Å². The van der Waals surface area contributed by atoms with Gasteiger partial charge in [0.05, 0.1) is 11.1 Å². The van der Waals surface area contributed by atoms with Crippen LogP contribution >= 0.6 is 22.9 Å². The second-order valence-electron chi connectivity index (χ2n) is 4.06. The number of rotatable bonds is 4. The summed E-state index contributed by atoms with van der Waals surface area (Å²) in [6, 6.07) is 8.81. The standard InChI is InChI=1S/C14H10ClN3O2S/c1-17-13(20)9(6-16)12(19)11-7-21-14(18-11)8-4-2-3-5-10(8)15/h2-5,7,9H,1H3,(H,17,20). The molecule has 5 nitrogen and oxygen atoms in total. The van der Waals surface area contributed by atoms with Gasteiger partial charge in [-0.1, -0.05) is 29.8 Å². The highest BCUT2D eigenvalue weighted by molar-refractivity contribution is 7.13. The summed E-state index contributed by atoms with van der Waals surface area (Å²) in [6.07, 6.45) is 0. The van der Waals surface area contributed by atoms with Gasteiger partial charge in [0.25, 0.3) is 0 Å². The molecule has 1 aromatic heterocycles. The Morgan fingerprint density at radius 3 is 2.76 bits per heavy atom. The van der Waals surface area contributed by atoms with Crippen molar-refractivity contribution >= 4 is 34.6 Å². The van der Waals surface area contributed by atoms with Crippen molar-refractivity contribution in [2.45, 2.75) is 0 Å². The maximum Gasteiger partial charge on any atom is 0.245 e. The molecule has 0 aliphatic carbocycles. The number of carbonyl (C=O) groups is 2. The monoisotopic (exact) mass is 319 g/mol. The number of nitrogens with zero attached hydrogens (tertiary/aromatic N) is 2. The number of hydrogen-bond donors (Lipinski definition) is 1. The van der Waals surface area contributed by atoms with Gasteiger partial charge < -0.3 is 5.32 Å². The fourth-order valence-electron chi connectivity index (χ4n) is 1.67. The van der Waals surface area contributed by atoms with E-state index in [9.17, 15) is 9.59 Å². The Kier molecular flexibility index (Phi) is 4.68. The number of amides is 1. The minimum Gasteiger partial charge on any atom is -0.358 e. The number of halogens is 1. The number of carbonyl (C=O) groups excluding carboxylic acids is 2. The molecule has 1 atom stereocenters. The van der Waals surface area contributed by atoms with Crippen LogP contribution in [0, 0.1) is 17.2 Å². The molecule has 1 aromatic carbocycles. The summed E-state index contributed by atoms with van der Waals surface area (Å²) in [5, 5.41) is 13.8. The Labute approximate surface area is 130 Å². The van der Waals surface area contributed by atoms with Gasteiger partial charge in [0, 0.05) is 18.0 Å². The van der Waals surface area contributed by atoms with Gasteiger partial charge in [-0.05, 0) is 6.07 Å². The first-order valence-corrected chi connectivity index (χ1v) is 7.20. The van der Waals surface area contributed by atoms with Crippen molar-refractivity contribution < 1.29 is 9.59 Å². The molecule has 0 aliphatic rings. The van der Waals surface area contributed by atoms with Crippen LogP contribution in [0.4, 0.5) is 0 Å². The topological polar surface area (TPSA) is 82.9 Å². The van der Waals surface area contributed by atoms with Crippen molar-refractivity contribution in [1.29, 1.82) is 5.26 Å². The second-order valence-corrected chi connectivity index (χ2v) is 5.32. The van der Waals surface area contributed by atoms with Gasteiger partial charge in [-0.2, -0.15) is 5.26 Å². The van der Waals surface area contributed by atoms with E-state index in [-0.39, 0.29) is 5.69 Å². The summed E-state index contributed by atoms with van der Waals surface area (Å²) in [5.41, 5.74) is 0.793. The third-order valence-electron chi connectivity index (χ3n) is 2.76. The van der Waals surface area contributed by atoms with Crippen molar-refractivity contribution in [2.24, 2.45) is 5.92 Å². The van der Waals surface area contributed by atoms with Crippen LogP contribution in [0.15, 0.2) is 29.6 Å². The van der Waals surface area contributed by atoms with E-state index in [1.807, 2.05) is 6.07 Å². The number of Topliss-reactive ketones (excluding diaryl/α,β-unsaturated/α-hetero) is 1. The second kappa shape index (κ2) is 6.48. The minimum absolute atomic E-state index is 0.0880. The van der Waals surface area contributed by atoms with Gasteiger partial charge in [0.15, 0.2) is 5.92 Å². The largest absolute Gasteiger partial charge is 0.358 e. The molecule has 1 unspecified atom stereocenters. The lowest BCUT2D eigenvalue weighted by Gasteiger charge is -2.04. The van der Waals surface area contributed by atoms with Crippen molar-refractivity contribution in [3.05, 3.63) is 40.4 Å². The zero-order valence-corrected chi connectivity index (χ0v) is 12.5. The smallest absolute Gasteiger partial charge is 0.245 e. The van der Waals surface area contributed by atoms with E-state index in [2.05, 4.69) is 10.3 Å². The number of thiazole rings is 1. The first-order chi connectivity index (χ1) is 10.1. The highest BCUT2D eigenvalue weighted by Crippen LogP contribution is 2.30. The van der Waals surface area contributed by atoms with E-state index < -0.39 is 17.6 Å². The Morgan fingerprint density at radius 1 is 1.43 bits per heavy atom. The van der Waals surface area contributed by atoms with Crippen LogP contribution in [-0.4, -0.2) is 23.7 Å². The Balaban J connectivity index is 2.32. The van der Waals surface area contributed by atoms with E-state index in [4.69, 9.17) is 16.9 Å². The number of ketones is 1. The minimum atomic E-state index is -1.39. The summed E-state index contributed by atoms with van der Waals surface area (Å²) in [5.74, 6) is -2.66. The zero-order valence-electron chi connectivity index (χ0n) is 11.0. The fourth-order valence-corrected chi connectivity index (χ4v) is 2.80. The first kappa shape index (κ1) is 15.2. The van der Waals surface area contributed by atoms with E-state index in [0.29, 0.717) is 15.6 Å². The molecular weight excluding hydrogens is 310 g/mol. The number of aromatic nitrogens is 1. The molecule has 0 bridgehead atoms. The molecule has 7 heteroatoms. The van der Waals surface area contributed by atoms with E-state index in [1.54, 1.807) is 24.3 Å². The Bertz CT molecular complexity index is 736. The predicted molar refractivity (Wildman–Crippen MR) is 80.1 cm³/mol. The highest BCUT2D eigenvalue weighted by atomic mass is 35.5. The summed E-state index contributed by atoms with van der Waals surface area (Å²) in [6.45, 7) is 0. The number of benzene rings is 1. The van der Waals surface area contributed by atoms with Gasteiger partial charge in [-0.3, -0.25) is 9.59 Å². The first-order valence-electron chi connectivity index (χ1n) is 5.94. The number of nitriles is 1. The molecule has 106 valence electrons. The van der Waals surface area contributed by atoms with Gasteiger partial charge in [-0.15, -0.1) is 11.3 Å². The Morgan fingerprint density at radius 2 is 2.14 bits per heavy atom. The molecule has 21 heavy (non-hydrogen) atoms. The number of nitrogens with one attached hydrogen (secondary N) is 1. The fraction of sp³-hybridized carbons (Fsp3) is 0.143. The molecule has 0 saturated carbocycles. The van der Waals surface area contributed by atoms with Crippen molar-refractivity contribution in [2.75, 3.05) is 7.05 Å². The summed E-state index contributed by atoms with van der Waals surface area (Å²) in [7, 11) is 1.37. The van der Waals surface area contributed by atoms with Crippen LogP contribution in [0.3, 0.4) is 0 Å².